The van der Waals surface area contributed by atoms with Crippen molar-refractivity contribution in [2.24, 2.45) is 0 Å². The highest BCUT2D eigenvalue weighted by Gasteiger charge is 2.11. The molecule has 35 heavy (non-hydrogen) atoms. The van der Waals surface area contributed by atoms with Gasteiger partial charge in [0.05, 0.1) is 10.8 Å². The van der Waals surface area contributed by atoms with Gasteiger partial charge in [0.2, 0.25) is 5.43 Å². The Morgan fingerprint density at radius 2 is 1.14 bits per heavy atom. The summed E-state index contributed by atoms with van der Waals surface area (Å²) in [6, 6.07) is 11.0. The summed E-state index contributed by atoms with van der Waals surface area (Å²) in [5, 5.41) is 1.09. The lowest BCUT2D eigenvalue weighted by Gasteiger charge is -2.21. The summed E-state index contributed by atoms with van der Waals surface area (Å²) < 4.78 is 18.0. The summed E-state index contributed by atoms with van der Waals surface area (Å²) in [5.41, 5.74) is 1.05. The SMILES string of the molecule is CCCN(CCC)CCOc1ccc2c(=O)c3cc(OCCN(CCC)CCC)ccc3oc2c1. The van der Waals surface area contributed by atoms with Crippen LogP contribution in [0.25, 0.3) is 21.9 Å². The molecule has 3 aromatic rings. The quantitative estimate of drug-likeness (QED) is 0.235. The predicted octanol–water partition coefficient (Wildman–Crippen LogP) is 5.95. The van der Waals surface area contributed by atoms with Crippen molar-refractivity contribution in [3.8, 4) is 11.5 Å². The second-order valence-electron chi connectivity index (χ2n) is 9.13. The molecule has 0 radical (unpaired) electrons. The van der Waals surface area contributed by atoms with Crippen LogP contribution in [0.4, 0.5) is 0 Å². The molecule has 0 saturated carbocycles. The van der Waals surface area contributed by atoms with Gasteiger partial charge >= 0.3 is 0 Å². The van der Waals surface area contributed by atoms with Gasteiger partial charge in [-0.3, -0.25) is 14.6 Å². The van der Waals surface area contributed by atoms with Gasteiger partial charge in [0, 0.05) is 19.2 Å². The molecule has 2 aromatic carbocycles. The molecule has 6 heteroatoms. The van der Waals surface area contributed by atoms with Crippen LogP contribution >= 0.6 is 0 Å². The van der Waals surface area contributed by atoms with E-state index in [1.165, 1.54) is 0 Å². The summed E-state index contributed by atoms with van der Waals surface area (Å²) in [7, 11) is 0. The fraction of sp³-hybridized carbons (Fsp3) is 0.552. The maximum Gasteiger partial charge on any atom is 0.200 e. The van der Waals surface area contributed by atoms with Crippen LogP contribution in [-0.4, -0.2) is 62.3 Å². The fourth-order valence-corrected chi connectivity index (χ4v) is 4.51. The molecule has 3 rings (SSSR count). The molecule has 0 amide bonds. The number of benzene rings is 2. The molecule has 1 aromatic heterocycles. The molecule has 0 atom stereocenters. The number of rotatable bonds is 16. The number of fused-ring (bicyclic) bond motifs is 2. The zero-order valence-corrected chi connectivity index (χ0v) is 22.0. The first-order chi connectivity index (χ1) is 17.1. The van der Waals surface area contributed by atoms with Crippen LogP contribution < -0.4 is 14.9 Å². The average Bonchev–Trinajstić information content (AvgIpc) is 2.85. The number of hydrogen-bond donors (Lipinski definition) is 0. The molecule has 6 nitrogen and oxygen atoms in total. The third kappa shape index (κ3) is 7.71. The van der Waals surface area contributed by atoms with E-state index < -0.39 is 0 Å². The average molecular weight is 483 g/mol. The minimum Gasteiger partial charge on any atom is -0.492 e. The number of ether oxygens (including phenoxy) is 2. The second kappa shape index (κ2) is 14.1. The maximum absolute atomic E-state index is 13.2. The predicted molar refractivity (Wildman–Crippen MR) is 145 cm³/mol. The lowest BCUT2D eigenvalue weighted by atomic mass is 10.1. The van der Waals surface area contributed by atoms with Crippen molar-refractivity contribution in [3.05, 3.63) is 46.6 Å². The summed E-state index contributed by atoms with van der Waals surface area (Å²) >= 11 is 0. The fourth-order valence-electron chi connectivity index (χ4n) is 4.51. The standard InChI is InChI=1S/C29H42N2O4/c1-5-13-30(14-6-2)17-19-33-23-10-12-27-26(21-23)29(32)25-11-9-24(22-28(25)35-27)34-20-18-31(15-7-3)16-8-4/h9-12,21-22H,5-8,13-20H2,1-4H3. The first kappa shape index (κ1) is 27.0. The van der Waals surface area contributed by atoms with E-state index in [1.54, 1.807) is 12.1 Å². The normalized spacial score (nSPS) is 11.7. The van der Waals surface area contributed by atoms with E-state index in [1.807, 2.05) is 24.3 Å². The molecule has 0 aliphatic rings. The minimum atomic E-state index is -0.0473. The van der Waals surface area contributed by atoms with Crippen LogP contribution in [-0.2, 0) is 0 Å². The first-order valence-corrected chi connectivity index (χ1v) is 13.3. The van der Waals surface area contributed by atoms with Gasteiger partial charge < -0.3 is 13.9 Å². The zero-order chi connectivity index (χ0) is 25.0. The molecule has 0 spiro atoms. The molecular weight excluding hydrogens is 440 g/mol. The number of nitrogens with zero attached hydrogens (tertiary/aromatic N) is 2. The van der Waals surface area contributed by atoms with Gasteiger partial charge in [0.15, 0.2) is 0 Å². The van der Waals surface area contributed by atoms with Gasteiger partial charge in [-0.25, -0.2) is 0 Å². The first-order valence-electron chi connectivity index (χ1n) is 13.3. The number of hydrogen-bond acceptors (Lipinski definition) is 6. The Bertz CT molecular complexity index is 1100. The van der Waals surface area contributed by atoms with Crippen molar-refractivity contribution in [2.75, 3.05) is 52.5 Å². The van der Waals surface area contributed by atoms with Crippen LogP contribution in [0.1, 0.15) is 53.4 Å². The Labute approximate surface area is 209 Å². The maximum atomic E-state index is 13.2. The second-order valence-corrected chi connectivity index (χ2v) is 9.13. The molecule has 0 saturated heterocycles. The highest BCUT2D eigenvalue weighted by molar-refractivity contribution is 5.90. The van der Waals surface area contributed by atoms with E-state index in [0.717, 1.165) is 70.7 Å². The topological polar surface area (TPSA) is 55.1 Å². The van der Waals surface area contributed by atoms with Crippen LogP contribution in [0.5, 0.6) is 11.5 Å². The lowest BCUT2D eigenvalue weighted by Crippen LogP contribution is -2.30. The van der Waals surface area contributed by atoms with E-state index in [4.69, 9.17) is 13.9 Å². The van der Waals surface area contributed by atoms with Crippen LogP contribution in [0, 0.1) is 0 Å². The molecule has 0 fully saturated rings. The van der Waals surface area contributed by atoms with Crippen molar-refractivity contribution in [1.29, 1.82) is 0 Å². The monoisotopic (exact) mass is 482 g/mol. The highest BCUT2D eigenvalue weighted by Crippen LogP contribution is 2.25. The van der Waals surface area contributed by atoms with E-state index in [9.17, 15) is 4.79 Å². The van der Waals surface area contributed by atoms with E-state index in [-0.39, 0.29) is 5.43 Å². The smallest absolute Gasteiger partial charge is 0.200 e. The highest BCUT2D eigenvalue weighted by atomic mass is 16.5. The molecule has 1 heterocycles. The van der Waals surface area contributed by atoms with Crippen molar-refractivity contribution < 1.29 is 13.9 Å². The Balaban J connectivity index is 1.69. The van der Waals surface area contributed by atoms with Crippen molar-refractivity contribution in [3.63, 3.8) is 0 Å². The third-order valence-corrected chi connectivity index (χ3v) is 6.13. The largest absolute Gasteiger partial charge is 0.492 e. The Hall–Kier alpha value is -2.57. The summed E-state index contributed by atoms with van der Waals surface area (Å²) in [4.78, 5) is 18.0. The van der Waals surface area contributed by atoms with E-state index in [2.05, 4.69) is 37.5 Å². The zero-order valence-electron chi connectivity index (χ0n) is 22.0. The molecule has 0 bridgehead atoms. The minimum absolute atomic E-state index is 0.0473. The van der Waals surface area contributed by atoms with E-state index in [0.29, 0.717) is 40.9 Å². The summed E-state index contributed by atoms with van der Waals surface area (Å²) in [5.74, 6) is 1.41. The molecule has 0 aliphatic heterocycles. The van der Waals surface area contributed by atoms with Crippen molar-refractivity contribution in [2.45, 2.75) is 53.4 Å². The van der Waals surface area contributed by atoms with Crippen LogP contribution in [0.2, 0.25) is 0 Å². The van der Waals surface area contributed by atoms with Crippen LogP contribution in [0.15, 0.2) is 45.6 Å². The third-order valence-electron chi connectivity index (χ3n) is 6.13. The Morgan fingerprint density at radius 1 is 0.629 bits per heavy atom. The molecule has 0 aliphatic carbocycles. The van der Waals surface area contributed by atoms with Crippen molar-refractivity contribution in [1.82, 2.24) is 9.80 Å². The van der Waals surface area contributed by atoms with E-state index >= 15 is 0 Å². The van der Waals surface area contributed by atoms with Gasteiger partial charge in [-0.05, 0) is 82.2 Å². The van der Waals surface area contributed by atoms with Gasteiger partial charge in [-0.1, -0.05) is 27.7 Å². The Kier molecular flexibility index (Phi) is 10.9. The summed E-state index contributed by atoms with van der Waals surface area (Å²) in [6.45, 7) is 16.1. The van der Waals surface area contributed by atoms with Gasteiger partial charge in [0.25, 0.3) is 0 Å². The molecule has 0 N–H and O–H groups in total. The Morgan fingerprint density at radius 3 is 1.69 bits per heavy atom. The van der Waals surface area contributed by atoms with Gasteiger partial charge in [-0.2, -0.15) is 0 Å². The van der Waals surface area contributed by atoms with Crippen molar-refractivity contribution >= 4 is 21.9 Å². The molecule has 192 valence electrons. The molecular formula is C29H42N2O4. The molecule has 0 unspecified atom stereocenters. The summed E-state index contributed by atoms with van der Waals surface area (Å²) in [6.07, 6.45) is 4.54. The van der Waals surface area contributed by atoms with Gasteiger partial charge in [0.1, 0.15) is 35.9 Å². The lowest BCUT2D eigenvalue weighted by molar-refractivity contribution is 0.209. The van der Waals surface area contributed by atoms with Crippen LogP contribution in [0.3, 0.4) is 0 Å². The van der Waals surface area contributed by atoms with Gasteiger partial charge in [-0.15, -0.1) is 0 Å².